The van der Waals surface area contributed by atoms with Gasteiger partial charge in [-0.1, -0.05) is 67.1 Å². The monoisotopic (exact) mass is 817 g/mol. The smallest absolute Gasteiger partial charge is 0.255 e. The standard InChI is InChI=1S/C47H52ClN5O6/c48-24-23-38(33-8-3-1-4-9-33)45(34-13-17-36(54)18-14-34)35-15-19-37(20-16-35)59-31-30-51-26-28-52(29-27-51)44(56)12-5-2-6-25-49-41-11-7-10-39-40(41)32-53(47(39)58)42-21-22-43(55)50-46(42)57/h1,3-4,7-11,13-20,42,49,54H,2,5-6,12,21-32H2,(H,50,55,57). The molecule has 4 amide bonds. The van der Waals surface area contributed by atoms with Crippen LogP contribution in [0.1, 0.15) is 77.6 Å². The number of phenols is 1. The number of allylic oxidation sites excluding steroid dienone is 1. The van der Waals surface area contributed by atoms with E-state index in [1.54, 1.807) is 23.1 Å². The molecule has 0 saturated carbocycles. The van der Waals surface area contributed by atoms with Crippen molar-refractivity contribution in [2.75, 3.05) is 57.1 Å². The van der Waals surface area contributed by atoms with E-state index in [4.69, 9.17) is 16.3 Å². The molecule has 59 heavy (non-hydrogen) atoms. The Balaban J connectivity index is 0.814. The summed E-state index contributed by atoms with van der Waals surface area (Å²) in [5, 5.41) is 15.8. The number of piperazine rings is 1. The molecule has 1 unspecified atom stereocenters. The van der Waals surface area contributed by atoms with Crippen LogP contribution in [0.3, 0.4) is 0 Å². The highest BCUT2D eigenvalue weighted by Crippen LogP contribution is 2.36. The van der Waals surface area contributed by atoms with Crippen LogP contribution in [0.5, 0.6) is 11.5 Å². The van der Waals surface area contributed by atoms with Crippen LogP contribution in [-0.2, 0) is 20.9 Å². The molecule has 0 radical (unpaired) electrons. The van der Waals surface area contributed by atoms with Gasteiger partial charge in [-0.05, 0) is 89.9 Å². The molecule has 3 aliphatic rings. The van der Waals surface area contributed by atoms with E-state index in [-0.39, 0.29) is 29.9 Å². The average molecular weight is 818 g/mol. The van der Waals surface area contributed by atoms with Gasteiger partial charge in [0.25, 0.3) is 5.91 Å². The van der Waals surface area contributed by atoms with Crippen molar-refractivity contribution in [2.24, 2.45) is 0 Å². The molecule has 11 nitrogen and oxygen atoms in total. The number of anilines is 1. The summed E-state index contributed by atoms with van der Waals surface area (Å²) in [7, 11) is 0. The molecule has 0 aromatic heterocycles. The maximum absolute atomic E-state index is 13.1. The molecule has 4 aromatic rings. The number of fused-ring (bicyclic) bond motifs is 1. The number of alkyl halides is 1. The molecule has 0 bridgehead atoms. The van der Waals surface area contributed by atoms with Crippen LogP contribution in [0, 0.1) is 0 Å². The minimum atomic E-state index is -0.636. The summed E-state index contributed by atoms with van der Waals surface area (Å²) < 4.78 is 6.17. The molecule has 2 saturated heterocycles. The number of nitrogens with zero attached hydrogens (tertiary/aromatic N) is 3. The number of carbonyl (C=O) groups excluding carboxylic acids is 4. The van der Waals surface area contributed by atoms with Gasteiger partial charge in [-0.2, -0.15) is 0 Å². The van der Waals surface area contributed by atoms with E-state index in [0.29, 0.717) is 63.5 Å². The molecule has 3 heterocycles. The number of imide groups is 1. The second-order valence-corrected chi connectivity index (χ2v) is 15.6. The minimum Gasteiger partial charge on any atom is -0.508 e. The number of rotatable bonds is 17. The number of ether oxygens (including phenoxy) is 1. The van der Waals surface area contributed by atoms with Crippen LogP contribution >= 0.6 is 11.6 Å². The maximum atomic E-state index is 13.1. The van der Waals surface area contributed by atoms with Gasteiger partial charge in [-0.15, -0.1) is 11.6 Å². The van der Waals surface area contributed by atoms with Gasteiger partial charge in [-0.3, -0.25) is 29.4 Å². The van der Waals surface area contributed by atoms with Crippen LogP contribution in [0.2, 0.25) is 0 Å². The van der Waals surface area contributed by atoms with E-state index in [1.807, 2.05) is 59.5 Å². The van der Waals surface area contributed by atoms with Crippen molar-refractivity contribution in [1.29, 1.82) is 0 Å². The van der Waals surface area contributed by atoms with E-state index in [9.17, 15) is 24.3 Å². The zero-order valence-electron chi connectivity index (χ0n) is 33.3. The van der Waals surface area contributed by atoms with Crippen molar-refractivity contribution < 1.29 is 29.0 Å². The van der Waals surface area contributed by atoms with E-state index in [0.717, 1.165) is 83.7 Å². The second kappa shape index (κ2) is 19.9. The summed E-state index contributed by atoms with van der Waals surface area (Å²) in [5.74, 6) is 0.803. The van der Waals surface area contributed by atoms with Gasteiger partial charge >= 0.3 is 0 Å². The van der Waals surface area contributed by atoms with Crippen LogP contribution in [-0.4, -0.2) is 101 Å². The number of piperidine rings is 1. The Bertz CT molecular complexity index is 2130. The Hall–Kier alpha value is -5.65. The third-order valence-electron chi connectivity index (χ3n) is 11.4. The number of benzene rings is 4. The first-order valence-corrected chi connectivity index (χ1v) is 21.2. The van der Waals surface area contributed by atoms with Gasteiger partial charge < -0.3 is 25.0 Å². The van der Waals surface area contributed by atoms with Crippen molar-refractivity contribution in [3.63, 3.8) is 0 Å². The van der Waals surface area contributed by atoms with Gasteiger partial charge in [-0.25, -0.2) is 0 Å². The number of aromatic hydroxyl groups is 1. The van der Waals surface area contributed by atoms with Crippen molar-refractivity contribution in [1.82, 2.24) is 20.0 Å². The van der Waals surface area contributed by atoms with Gasteiger partial charge in [0.2, 0.25) is 17.7 Å². The predicted molar refractivity (Wildman–Crippen MR) is 230 cm³/mol. The molecule has 0 aliphatic carbocycles. The lowest BCUT2D eigenvalue weighted by Gasteiger charge is -2.34. The van der Waals surface area contributed by atoms with E-state index in [2.05, 4.69) is 39.8 Å². The van der Waals surface area contributed by atoms with Gasteiger partial charge in [0, 0.05) is 81.3 Å². The van der Waals surface area contributed by atoms with E-state index >= 15 is 0 Å². The lowest BCUT2D eigenvalue weighted by molar-refractivity contribution is -0.137. The number of nitrogens with one attached hydrogen (secondary N) is 2. The third kappa shape index (κ3) is 10.3. The number of phenolic OH excluding ortho intramolecular Hbond substituents is 1. The Morgan fingerprint density at radius 1 is 0.814 bits per heavy atom. The fourth-order valence-electron chi connectivity index (χ4n) is 8.23. The molecule has 1 atom stereocenters. The van der Waals surface area contributed by atoms with Crippen molar-refractivity contribution >= 4 is 52.1 Å². The summed E-state index contributed by atoms with van der Waals surface area (Å²) >= 11 is 6.31. The largest absolute Gasteiger partial charge is 0.508 e. The maximum Gasteiger partial charge on any atom is 0.255 e. The third-order valence-corrected chi connectivity index (χ3v) is 11.6. The molecule has 0 spiro atoms. The first kappa shape index (κ1) is 41.5. The molecule has 3 aliphatic heterocycles. The Morgan fingerprint density at radius 3 is 2.25 bits per heavy atom. The first-order chi connectivity index (χ1) is 28.8. The molecule has 12 heteroatoms. The molecular formula is C47H52ClN5O6. The van der Waals surface area contributed by atoms with Crippen LogP contribution in [0.25, 0.3) is 11.1 Å². The van der Waals surface area contributed by atoms with Crippen molar-refractivity contribution in [3.8, 4) is 11.5 Å². The number of hydrogen-bond donors (Lipinski definition) is 3. The number of carbonyl (C=O) groups is 4. The lowest BCUT2D eigenvalue weighted by atomic mass is 9.88. The summed E-state index contributed by atoms with van der Waals surface area (Å²) in [6, 6.07) is 30.7. The minimum absolute atomic E-state index is 0.181. The Morgan fingerprint density at radius 2 is 1.54 bits per heavy atom. The summed E-state index contributed by atoms with van der Waals surface area (Å²) in [5.41, 5.74) is 7.72. The SMILES string of the molecule is O=C1CCC(N2Cc3c(NCCCCCC(=O)N4CCN(CCOc5ccc(C(=C(CCCl)c6ccccc6)c6ccc(O)cc6)cc5)CC4)cccc3C2=O)C(=O)N1. The first-order valence-electron chi connectivity index (χ1n) is 20.7. The van der Waals surface area contributed by atoms with Crippen LogP contribution in [0.15, 0.2) is 97.1 Å². The zero-order chi connectivity index (χ0) is 41.1. The summed E-state index contributed by atoms with van der Waals surface area (Å²) in [6.45, 7) is 5.41. The molecule has 7 rings (SSSR count). The highest BCUT2D eigenvalue weighted by atomic mass is 35.5. The summed E-state index contributed by atoms with van der Waals surface area (Å²) in [4.78, 5) is 56.0. The normalized spacial score (nSPS) is 17.4. The van der Waals surface area contributed by atoms with E-state index < -0.39 is 11.9 Å². The Labute approximate surface area is 351 Å². The Kier molecular flexibility index (Phi) is 14.0. The highest BCUT2D eigenvalue weighted by Gasteiger charge is 2.39. The summed E-state index contributed by atoms with van der Waals surface area (Å²) in [6.07, 6.45) is 4.39. The number of halogens is 1. The van der Waals surface area contributed by atoms with Crippen LogP contribution < -0.4 is 15.4 Å². The van der Waals surface area contributed by atoms with Crippen molar-refractivity contribution in [2.45, 2.75) is 57.5 Å². The fraction of sp³-hybridized carbons (Fsp3) is 0.362. The molecule has 308 valence electrons. The van der Waals surface area contributed by atoms with Gasteiger partial charge in [0.1, 0.15) is 24.1 Å². The zero-order valence-corrected chi connectivity index (χ0v) is 34.1. The highest BCUT2D eigenvalue weighted by molar-refractivity contribution is 6.18. The molecule has 4 aromatic carbocycles. The fourth-order valence-corrected chi connectivity index (χ4v) is 8.42. The van der Waals surface area contributed by atoms with Crippen molar-refractivity contribution in [3.05, 3.63) is 125 Å². The van der Waals surface area contributed by atoms with Gasteiger partial charge in [0.05, 0.1) is 0 Å². The number of amides is 4. The molecular weight excluding hydrogens is 766 g/mol. The predicted octanol–water partition coefficient (Wildman–Crippen LogP) is 6.94. The average Bonchev–Trinajstić information content (AvgIpc) is 3.59. The van der Waals surface area contributed by atoms with E-state index in [1.165, 1.54) is 0 Å². The molecule has 2 fully saturated rings. The number of hydrogen-bond acceptors (Lipinski definition) is 8. The quantitative estimate of drug-likeness (QED) is 0.0453. The van der Waals surface area contributed by atoms with Crippen LogP contribution in [0.4, 0.5) is 5.69 Å². The molecule has 3 N–H and O–H groups in total. The topological polar surface area (TPSA) is 132 Å². The van der Waals surface area contributed by atoms with Gasteiger partial charge in [0.15, 0.2) is 0 Å². The second-order valence-electron chi connectivity index (χ2n) is 15.3. The lowest BCUT2D eigenvalue weighted by Crippen LogP contribution is -2.52. The number of unbranched alkanes of at least 4 members (excludes halogenated alkanes) is 2.